The summed E-state index contributed by atoms with van der Waals surface area (Å²) in [5.41, 5.74) is 5.15. The topological polar surface area (TPSA) is 390 Å². The van der Waals surface area contributed by atoms with E-state index < -0.39 is 54.2 Å². The van der Waals surface area contributed by atoms with Gasteiger partial charge in [0.05, 0.1) is 32.6 Å². The molecule has 0 aromatic carbocycles. The van der Waals surface area contributed by atoms with Crippen LogP contribution in [-0.2, 0) is 46.0 Å². The molecule has 61 heavy (non-hydrogen) atoms. The van der Waals surface area contributed by atoms with Gasteiger partial charge in [-0.2, -0.15) is 16.7 Å². The molecule has 1 aromatic heterocycles. The van der Waals surface area contributed by atoms with Crippen LogP contribution in [0.4, 0.5) is 10.6 Å². The van der Waals surface area contributed by atoms with Crippen LogP contribution < -0.4 is 57.6 Å². The van der Waals surface area contributed by atoms with Gasteiger partial charge in [-0.15, -0.1) is 0 Å². The van der Waals surface area contributed by atoms with Gasteiger partial charge in [0.15, 0.2) is 0 Å². The molecule has 25 nitrogen and oxygen atoms in total. The van der Waals surface area contributed by atoms with Crippen LogP contribution in [0.5, 0.6) is 0 Å². The number of hydrogen-bond donors (Lipinski definition) is 7. The van der Waals surface area contributed by atoms with Crippen molar-refractivity contribution in [2.75, 3.05) is 37.7 Å². The molecule has 3 saturated heterocycles. The molecular weight excluding hydrogens is 893 g/mol. The van der Waals surface area contributed by atoms with Gasteiger partial charge in [-0.3, -0.25) is 32.4 Å². The average Bonchev–Trinajstić information content (AvgIpc) is 3.83. The summed E-state index contributed by atoms with van der Waals surface area (Å²) in [4.78, 5) is 108. The SMILES string of the molecule is Nc1nc(=O)n(C2CC(O)C(COP(=O)([O-])OP(=O)([O-])OP(=O)([O-])[O-])O2)cc1C=CCNC(=O)CCCNC(=O)CCCCCNC(=O)CCCCC1SCC2NC(=O)NC21. The quantitative estimate of drug-likeness (QED) is 0.0292. The first-order valence-corrected chi connectivity index (χ1v) is 24.7. The van der Waals surface area contributed by atoms with Crippen molar-refractivity contribution in [3.8, 4) is 0 Å². The summed E-state index contributed by atoms with van der Waals surface area (Å²) in [6.07, 6.45) is 5.85. The van der Waals surface area contributed by atoms with Crippen molar-refractivity contribution in [3.05, 3.63) is 28.3 Å². The molecule has 3 aliphatic heterocycles. The van der Waals surface area contributed by atoms with Gasteiger partial charge in [0, 0.05) is 68.1 Å². The number of anilines is 1. The zero-order valence-corrected chi connectivity index (χ0v) is 36.2. The third-order valence-corrected chi connectivity index (χ3v) is 14.6. The number of urea groups is 1. The number of ether oxygens (including phenoxy) is 1. The van der Waals surface area contributed by atoms with Crippen molar-refractivity contribution in [1.82, 2.24) is 36.1 Å². The molecule has 8 atom stereocenters. The summed E-state index contributed by atoms with van der Waals surface area (Å²) >= 11 is 1.86. The normalized spacial score (nSPS) is 24.4. The van der Waals surface area contributed by atoms with Crippen LogP contribution in [0, 0.1) is 0 Å². The lowest BCUT2D eigenvalue weighted by Gasteiger charge is -2.37. The first kappa shape index (κ1) is 50.4. The van der Waals surface area contributed by atoms with Crippen LogP contribution in [0.1, 0.15) is 82.4 Å². The zero-order chi connectivity index (χ0) is 44.8. The Balaban J connectivity index is 1.04. The lowest BCUT2D eigenvalue weighted by molar-refractivity contribution is -0.339. The van der Waals surface area contributed by atoms with E-state index in [1.54, 1.807) is 0 Å². The van der Waals surface area contributed by atoms with Gasteiger partial charge < -0.3 is 70.8 Å². The lowest BCUT2D eigenvalue weighted by atomic mass is 10.0. The Morgan fingerprint density at radius 2 is 1.59 bits per heavy atom. The van der Waals surface area contributed by atoms with Crippen molar-refractivity contribution >= 4 is 70.9 Å². The number of thioether (sulfide) groups is 1. The van der Waals surface area contributed by atoms with Gasteiger partial charge in [0.25, 0.3) is 15.6 Å². The third kappa shape index (κ3) is 17.8. The van der Waals surface area contributed by atoms with E-state index in [2.05, 4.69) is 44.7 Å². The van der Waals surface area contributed by atoms with Crippen molar-refractivity contribution in [2.24, 2.45) is 0 Å². The number of aliphatic hydroxyl groups is 1. The van der Waals surface area contributed by atoms with Crippen molar-refractivity contribution in [2.45, 2.75) is 106 Å². The number of nitrogens with zero attached hydrogens (tertiary/aromatic N) is 2. The number of carbonyl (C=O) groups excluding carboxylic acids is 4. The number of fused-ring (bicyclic) bond motifs is 1. The number of amides is 5. The number of nitrogens with two attached hydrogens (primary N) is 1. The number of hydrogen-bond acceptors (Lipinski definition) is 20. The standard InChI is InChI=1S/C32H53N8O17P3S/c33-30-20(17-40(32(46)39-30)28-16-22(41)23(55-28)18-54-59(50,51)57-60(52,53)56-58(47,48)49)8-6-14-35-27(44)12-7-15-36-25(42)10-2-1-5-13-34-26(43)11-4-3-9-24-29-21(19-61-24)37-31(45)38-29/h6,8,17,21-24,28-29,41H,1-5,7,9-16,18-19H2,(H,34,43)(H,35,44)(H,36,42)(H,50,51)(H,52,53)(H2,33,39,46)(H2,37,38,45)(H2,47,48,49)/p-4. The Kier molecular flexibility index (Phi) is 19.4. The Hall–Kier alpha value is -3.22. The van der Waals surface area contributed by atoms with Gasteiger partial charge >= 0.3 is 11.7 Å². The predicted molar refractivity (Wildman–Crippen MR) is 208 cm³/mol. The Labute approximate surface area is 354 Å². The fourth-order valence-electron chi connectivity index (χ4n) is 6.51. The zero-order valence-electron chi connectivity index (χ0n) is 32.7. The molecule has 29 heteroatoms. The monoisotopic (exact) mass is 942 g/mol. The first-order chi connectivity index (χ1) is 28.7. The van der Waals surface area contributed by atoms with Crippen molar-refractivity contribution in [3.63, 3.8) is 0 Å². The number of nitrogens with one attached hydrogen (secondary N) is 5. The van der Waals surface area contributed by atoms with E-state index in [4.69, 9.17) is 10.5 Å². The number of phosphoric ester groups is 1. The van der Waals surface area contributed by atoms with Gasteiger partial charge in [-0.25, -0.2) is 13.9 Å². The highest BCUT2D eigenvalue weighted by molar-refractivity contribution is 8.00. The lowest BCUT2D eigenvalue weighted by Crippen LogP contribution is -2.36. The molecular formula is C32H49N8O17P3S-4. The van der Waals surface area contributed by atoms with Gasteiger partial charge in [-0.05, 0) is 32.1 Å². The minimum Gasteiger partial charge on any atom is -0.790 e. The summed E-state index contributed by atoms with van der Waals surface area (Å²) in [6, 6.07) is 0.261. The van der Waals surface area contributed by atoms with E-state index in [0.717, 1.165) is 42.4 Å². The maximum atomic E-state index is 12.5. The van der Waals surface area contributed by atoms with Crippen LogP contribution in [-0.4, -0.2) is 99.9 Å². The molecule has 8 unspecified atom stereocenters. The van der Waals surface area contributed by atoms with E-state index in [0.29, 0.717) is 44.0 Å². The van der Waals surface area contributed by atoms with E-state index in [9.17, 15) is 62.3 Å². The van der Waals surface area contributed by atoms with Crippen molar-refractivity contribution < 1.29 is 75.4 Å². The smallest absolute Gasteiger partial charge is 0.351 e. The van der Waals surface area contributed by atoms with Crippen LogP contribution in [0.25, 0.3) is 6.08 Å². The maximum Gasteiger partial charge on any atom is 0.351 e. The summed E-state index contributed by atoms with van der Waals surface area (Å²) in [7, 11) is -18.2. The Morgan fingerprint density at radius 3 is 2.30 bits per heavy atom. The third-order valence-electron chi connectivity index (χ3n) is 9.42. The highest BCUT2D eigenvalue weighted by Gasteiger charge is 2.42. The van der Waals surface area contributed by atoms with Crippen LogP contribution in [0.15, 0.2) is 17.1 Å². The molecule has 8 N–H and O–H groups in total. The number of unbranched alkanes of at least 4 members (excludes halogenated alkanes) is 3. The second-order valence-electron chi connectivity index (χ2n) is 14.2. The predicted octanol–water partition coefficient (Wildman–Crippen LogP) is -2.28. The highest BCUT2D eigenvalue weighted by Crippen LogP contribution is 2.60. The Morgan fingerprint density at radius 1 is 0.934 bits per heavy atom. The molecule has 344 valence electrons. The van der Waals surface area contributed by atoms with Gasteiger partial charge in [0.1, 0.15) is 18.1 Å². The fourth-order valence-corrected chi connectivity index (χ4v) is 10.9. The largest absolute Gasteiger partial charge is 0.790 e. The minimum absolute atomic E-state index is 0.00576. The second kappa shape index (κ2) is 23.5. The summed E-state index contributed by atoms with van der Waals surface area (Å²) in [6.45, 7) is -0.159. The molecule has 0 saturated carbocycles. The maximum absolute atomic E-state index is 12.5. The number of carbonyl (C=O) groups is 4. The van der Waals surface area contributed by atoms with Crippen molar-refractivity contribution in [1.29, 1.82) is 0 Å². The van der Waals surface area contributed by atoms with E-state index >= 15 is 0 Å². The number of aromatic nitrogens is 2. The minimum atomic E-state index is -6.20. The van der Waals surface area contributed by atoms with Gasteiger partial charge in [0.2, 0.25) is 17.7 Å². The van der Waals surface area contributed by atoms with E-state index in [1.807, 2.05) is 11.8 Å². The molecule has 0 spiro atoms. The molecule has 4 rings (SSSR count). The summed E-state index contributed by atoms with van der Waals surface area (Å²) in [5.74, 6) is 0.299. The van der Waals surface area contributed by atoms with Crippen LogP contribution in [0.2, 0.25) is 0 Å². The molecule has 0 radical (unpaired) electrons. The van der Waals surface area contributed by atoms with Crippen LogP contribution >= 0.6 is 35.2 Å². The fraction of sp³-hybridized carbons (Fsp3) is 0.688. The second-order valence-corrected chi connectivity index (χ2v) is 19.7. The summed E-state index contributed by atoms with van der Waals surface area (Å²) < 4.78 is 50.9. The molecule has 5 amide bonds. The molecule has 3 fully saturated rings. The number of nitrogen functional groups attached to an aromatic ring is 1. The molecule has 3 aliphatic rings. The molecule has 4 heterocycles. The number of aliphatic hydroxyl groups excluding tert-OH is 1. The molecule has 1 aromatic rings. The number of rotatable bonds is 26. The van der Waals surface area contributed by atoms with Gasteiger partial charge in [-0.1, -0.05) is 25.0 Å². The molecule has 0 aliphatic carbocycles. The highest BCUT2D eigenvalue weighted by atomic mass is 32.2. The first-order valence-electron chi connectivity index (χ1n) is 19.3. The average molecular weight is 943 g/mol. The van der Waals surface area contributed by atoms with E-state index in [-0.39, 0.29) is 66.6 Å². The summed E-state index contributed by atoms with van der Waals surface area (Å²) in [5, 5.41) is 25.0. The number of phosphoric acid groups is 3. The van der Waals surface area contributed by atoms with E-state index in [1.165, 1.54) is 18.3 Å². The van der Waals surface area contributed by atoms with Crippen LogP contribution in [0.3, 0.4) is 0 Å². The molecule has 0 bridgehead atoms. The Bertz CT molecular complexity index is 1940.